The van der Waals surface area contributed by atoms with E-state index in [0.29, 0.717) is 12.4 Å². The summed E-state index contributed by atoms with van der Waals surface area (Å²) in [5.74, 6) is 0.538. The van der Waals surface area contributed by atoms with E-state index in [1.165, 1.54) is 12.5 Å². The van der Waals surface area contributed by atoms with Crippen molar-refractivity contribution in [1.29, 1.82) is 0 Å². The van der Waals surface area contributed by atoms with Gasteiger partial charge in [-0.3, -0.25) is 0 Å². The summed E-state index contributed by atoms with van der Waals surface area (Å²) in [4.78, 5) is 3.88. The standard InChI is InChI=1S/C10H18ClN3O2S/c1-3-14-7-10(12-8-14)17(15,16)13-9(2)5-4-6-11/h7-9,13H,3-6H2,1-2H3. The first kappa shape index (κ1) is 14.5. The third-order valence-electron chi connectivity index (χ3n) is 2.38. The summed E-state index contributed by atoms with van der Waals surface area (Å²) in [5, 5.41) is 0.0667. The minimum Gasteiger partial charge on any atom is -0.336 e. The van der Waals surface area contributed by atoms with Crippen molar-refractivity contribution in [1.82, 2.24) is 14.3 Å². The summed E-state index contributed by atoms with van der Waals surface area (Å²) in [5.41, 5.74) is 0. The highest BCUT2D eigenvalue weighted by atomic mass is 35.5. The Bertz CT molecular complexity index is 444. The number of rotatable bonds is 7. The van der Waals surface area contributed by atoms with Crippen molar-refractivity contribution in [2.45, 2.75) is 44.3 Å². The van der Waals surface area contributed by atoms with E-state index < -0.39 is 10.0 Å². The molecule has 0 fully saturated rings. The van der Waals surface area contributed by atoms with Gasteiger partial charge in [-0.1, -0.05) is 0 Å². The van der Waals surface area contributed by atoms with Gasteiger partial charge in [0.2, 0.25) is 0 Å². The Morgan fingerprint density at radius 3 is 2.82 bits per heavy atom. The number of aryl methyl sites for hydroxylation is 1. The van der Waals surface area contributed by atoms with Crippen LogP contribution < -0.4 is 4.72 Å². The molecular weight excluding hydrogens is 262 g/mol. The largest absolute Gasteiger partial charge is 0.336 e. The molecule has 0 aliphatic heterocycles. The third kappa shape index (κ3) is 4.29. The predicted molar refractivity (Wildman–Crippen MR) is 67.6 cm³/mol. The van der Waals surface area contributed by atoms with E-state index in [2.05, 4.69) is 9.71 Å². The number of hydrogen-bond donors (Lipinski definition) is 1. The van der Waals surface area contributed by atoms with Gasteiger partial charge in [-0.2, -0.15) is 0 Å². The normalized spacial score (nSPS) is 13.8. The number of imidazole rings is 1. The molecule has 7 heteroatoms. The monoisotopic (exact) mass is 279 g/mol. The van der Waals surface area contributed by atoms with Crippen LogP contribution in [0.25, 0.3) is 0 Å². The van der Waals surface area contributed by atoms with E-state index in [0.717, 1.165) is 12.8 Å². The van der Waals surface area contributed by atoms with Gasteiger partial charge in [-0.05, 0) is 26.7 Å². The summed E-state index contributed by atoms with van der Waals surface area (Å²) in [6.07, 6.45) is 4.54. The fraction of sp³-hybridized carbons (Fsp3) is 0.700. The average Bonchev–Trinajstić information content (AvgIpc) is 2.75. The lowest BCUT2D eigenvalue weighted by molar-refractivity contribution is 0.542. The predicted octanol–water partition coefficient (Wildman–Crippen LogP) is 1.59. The first-order chi connectivity index (χ1) is 7.99. The van der Waals surface area contributed by atoms with Gasteiger partial charge in [-0.15, -0.1) is 11.6 Å². The average molecular weight is 280 g/mol. The lowest BCUT2D eigenvalue weighted by atomic mass is 10.2. The molecule has 0 radical (unpaired) electrons. The van der Waals surface area contributed by atoms with Crippen LogP contribution in [0.5, 0.6) is 0 Å². The van der Waals surface area contributed by atoms with E-state index in [1.807, 2.05) is 13.8 Å². The Balaban J connectivity index is 2.68. The maximum absolute atomic E-state index is 11.9. The van der Waals surface area contributed by atoms with Crippen molar-refractivity contribution < 1.29 is 8.42 Å². The first-order valence-corrected chi connectivity index (χ1v) is 7.61. The molecule has 1 aromatic heterocycles. The molecule has 0 bridgehead atoms. The van der Waals surface area contributed by atoms with Gasteiger partial charge in [0.25, 0.3) is 10.0 Å². The highest BCUT2D eigenvalue weighted by Crippen LogP contribution is 2.08. The van der Waals surface area contributed by atoms with Crippen LogP contribution in [0, 0.1) is 0 Å². The molecule has 0 saturated heterocycles. The number of alkyl halides is 1. The Morgan fingerprint density at radius 2 is 2.29 bits per heavy atom. The van der Waals surface area contributed by atoms with Crippen LogP contribution in [0.1, 0.15) is 26.7 Å². The van der Waals surface area contributed by atoms with Gasteiger partial charge in [0.05, 0.1) is 6.33 Å². The van der Waals surface area contributed by atoms with Crippen LogP contribution in [-0.4, -0.2) is 29.9 Å². The maximum atomic E-state index is 11.9. The van der Waals surface area contributed by atoms with Crippen LogP contribution in [0.2, 0.25) is 0 Å². The van der Waals surface area contributed by atoms with Crippen LogP contribution in [-0.2, 0) is 16.6 Å². The molecule has 0 saturated carbocycles. The fourth-order valence-electron chi connectivity index (χ4n) is 1.42. The van der Waals surface area contributed by atoms with E-state index in [9.17, 15) is 8.42 Å². The van der Waals surface area contributed by atoms with Gasteiger partial charge in [0.1, 0.15) is 0 Å². The van der Waals surface area contributed by atoms with Crippen molar-refractivity contribution in [3.05, 3.63) is 12.5 Å². The van der Waals surface area contributed by atoms with E-state index in [4.69, 9.17) is 11.6 Å². The first-order valence-electron chi connectivity index (χ1n) is 5.59. The zero-order chi connectivity index (χ0) is 12.9. The van der Waals surface area contributed by atoms with Crippen molar-refractivity contribution >= 4 is 21.6 Å². The van der Waals surface area contributed by atoms with E-state index in [1.54, 1.807) is 4.57 Å². The highest BCUT2D eigenvalue weighted by Gasteiger charge is 2.19. The number of nitrogens with one attached hydrogen (secondary N) is 1. The van der Waals surface area contributed by atoms with E-state index >= 15 is 0 Å². The van der Waals surface area contributed by atoms with Gasteiger partial charge < -0.3 is 4.57 Å². The van der Waals surface area contributed by atoms with E-state index in [-0.39, 0.29) is 11.1 Å². The molecule has 0 aliphatic rings. The molecule has 5 nitrogen and oxygen atoms in total. The molecule has 0 aromatic carbocycles. The minimum absolute atomic E-state index is 0.0667. The molecular formula is C10H18ClN3O2S. The van der Waals surface area contributed by atoms with Crippen molar-refractivity contribution in [3.8, 4) is 0 Å². The molecule has 1 aromatic rings. The molecule has 17 heavy (non-hydrogen) atoms. The summed E-state index contributed by atoms with van der Waals surface area (Å²) < 4.78 is 28.1. The fourth-order valence-corrected chi connectivity index (χ4v) is 2.80. The molecule has 0 spiro atoms. The summed E-state index contributed by atoms with van der Waals surface area (Å²) in [7, 11) is -3.50. The Labute approximate surface area is 107 Å². The second kappa shape index (κ2) is 6.37. The SMILES string of the molecule is CCn1cnc(S(=O)(=O)NC(C)CCCCl)c1. The van der Waals surface area contributed by atoms with Crippen LogP contribution >= 0.6 is 11.6 Å². The molecule has 1 rings (SSSR count). The Kier molecular flexibility index (Phi) is 5.42. The van der Waals surface area contributed by atoms with Gasteiger partial charge in [-0.25, -0.2) is 18.1 Å². The topological polar surface area (TPSA) is 64.0 Å². The number of nitrogens with zero attached hydrogens (tertiary/aromatic N) is 2. The Hall–Kier alpha value is -0.590. The number of aromatic nitrogens is 2. The number of halogens is 1. The zero-order valence-electron chi connectivity index (χ0n) is 10.1. The van der Waals surface area contributed by atoms with Crippen LogP contribution in [0.15, 0.2) is 17.6 Å². The Morgan fingerprint density at radius 1 is 1.59 bits per heavy atom. The molecule has 0 aliphatic carbocycles. The lowest BCUT2D eigenvalue weighted by Crippen LogP contribution is -2.32. The van der Waals surface area contributed by atoms with Gasteiger partial charge >= 0.3 is 0 Å². The van der Waals surface area contributed by atoms with Crippen molar-refractivity contribution in [2.24, 2.45) is 0 Å². The number of hydrogen-bond acceptors (Lipinski definition) is 3. The molecule has 1 heterocycles. The summed E-state index contributed by atoms with van der Waals surface area (Å²) in [6.45, 7) is 4.44. The van der Waals surface area contributed by atoms with Gasteiger partial charge in [0, 0.05) is 24.7 Å². The van der Waals surface area contributed by atoms with Crippen LogP contribution in [0.3, 0.4) is 0 Å². The highest BCUT2D eigenvalue weighted by molar-refractivity contribution is 7.89. The third-order valence-corrected chi connectivity index (χ3v) is 4.12. The smallest absolute Gasteiger partial charge is 0.259 e. The molecule has 1 unspecified atom stereocenters. The van der Waals surface area contributed by atoms with Crippen molar-refractivity contribution in [3.63, 3.8) is 0 Å². The quantitative estimate of drug-likeness (QED) is 0.771. The lowest BCUT2D eigenvalue weighted by Gasteiger charge is -2.11. The second-order valence-corrected chi connectivity index (χ2v) is 5.93. The molecule has 0 amide bonds. The zero-order valence-corrected chi connectivity index (χ0v) is 11.6. The summed E-state index contributed by atoms with van der Waals surface area (Å²) in [6, 6.07) is -0.134. The van der Waals surface area contributed by atoms with Crippen LogP contribution in [0.4, 0.5) is 0 Å². The maximum Gasteiger partial charge on any atom is 0.259 e. The van der Waals surface area contributed by atoms with Gasteiger partial charge in [0.15, 0.2) is 5.03 Å². The van der Waals surface area contributed by atoms with Crippen molar-refractivity contribution in [2.75, 3.05) is 5.88 Å². The second-order valence-electron chi connectivity index (χ2n) is 3.90. The number of sulfonamides is 1. The molecule has 1 atom stereocenters. The molecule has 1 N–H and O–H groups in total. The minimum atomic E-state index is -3.50. The summed E-state index contributed by atoms with van der Waals surface area (Å²) >= 11 is 5.56. The molecule has 98 valence electrons.